The SMILES string of the molecule is C=CCOc1ccc(C(=O)N(C)Cc2ccc(C#N)cc2)cc1. The highest BCUT2D eigenvalue weighted by Crippen LogP contribution is 2.15. The number of rotatable bonds is 6. The van der Waals surface area contributed by atoms with Gasteiger partial charge in [0.25, 0.3) is 5.91 Å². The zero-order valence-corrected chi connectivity index (χ0v) is 13.0. The molecule has 4 nitrogen and oxygen atoms in total. The van der Waals surface area contributed by atoms with Crippen LogP contribution >= 0.6 is 0 Å². The molecular weight excluding hydrogens is 288 g/mol. The maximum atomic E-state index is 12.4. The van der Waals surface area contributed by atoms with Crippen molar-refractivity contribution in [2.24, 2.45) is 0 Å². The van der Waals surface area contributed by atoms with Crippen LogP contribution in [0.3, 0.4) is 0 Å². The molecule has 0 fully saturated rings. The van der Waals surface area contributed by atoms with E-state index in [2.05, 4.69) is 12.6 Å². The summed E-state index contributed by atoms with van der Waals surface area (Å²) in [7, 11) is 1.75. The molecule has 2 aromatic rings. The van der Waals surface area contributed by atoms with Crippen LogP contribution < -0.4 is 4.74 Å². The molecule has 116 valence electrons. The minimum Gasteiger partial charge on any atom is -0.490 e. The summed E-state index contributed by atoms with van der Waals surface area (Å²) < 4.78 is 5.40. The molecule has 0 atom stereocenters. The van der Waals surface area contributed by atoms with Crippen LogP contribution in [-0.2, 0) is 6.54 Å². The van der Waals surface area contributed by atoms with Gasteiger partial charge in [-0.25, -0.2) is 0 Å². The number of carbonyl (C=O) groups is 1. The van der Waals surface area contributed by atoms with E-state index >= 15 is 0 Å². The standard InChI is InChI=1S/C19H18N2O2/c1-3-12-23-18-10-8-17(9-11-18)19(22)21(2)14-16-6-4-15(13-20)5-7-16/h3-11H,1,12,14H2,2H3. The van der Waals surface area contributed by atoms with Gasteiger partial charge >= 0.3 is 0 Å². The average Bonchev–Trinajstić information content (AvgIpc) is 2.60. The van der Waals surface area contributed by atoms with E-state index in [1.807, 2.05) is 12.1 Å². The summed E-state index contributed by atoms with van der Waals surface area (Å²) in [5.74, 6) is 0.640. The maximum Gasteiger partial charge on any atom is 0.253 e. The van der Waals surface area contributed by atoms with Gasteiger partial charge in [0.15, 0.2) is 0 Å². The van der Waals surface area contributed by atoms with Crippen LogP contribution in [0.2, 0.25) is 0 Å². The lowest BCUT2D eigenvalue weighted by Gasteiger charge is -2.17. The molecule has 0 aromatic heterocycles. The number of ether oxygens (including phenoxy) is 1. The van der Waals surface area contributed by atoms with Gasteiger partial charge in [-0.3, -0.25) is 4.79 Å². The van der Waals surface area contributed by atoms with E-state index < -0.39 is 0 Å². The summed E-state index contributed by atoms with van der Waals surface area (Å²) in [6.07, 6.45) is 1.67. The maximum absolute atomic E-state index is 12.4. The van der Waals surface area contributed by atoms with Crippen LogP contribution in [0.15, 0.2) is 61.2 Å². The van der Waals surface area contributed by atoms with Crippen molar-refractivity contribution < 1.29 is 9.53 Å². The molecule has 0 unspecified atom stereocenters. The third-order valence-electron chi connectivity index (χ3n) is 3.32. The van der Waals surface area contributed by atoms with E-state index in [0.717, 1.165) is 5.56 Å². The Kier molecular flexibility index (Phi) is 5.54. The fourth-order valence-corrected chi connectivity index (χ4v) is 2.10. The van der Waals surface area contributed by atoms with E-state index in [1.165, 1.54) is 0 Å². The fraction of sp³-hybridized carbons (Fsp3) is 0.158. The summed E-state index contributed by atoms with van der Waals surface area (Å²) >= 11 is 0. The van der Waals surface area contributed by atoms with Gasteiger partial charge in [-0.1, -0.05) is 24.8 Å². The van der Waals surface area contributed by atoms with Crippen molar-refractivity contribution in [3.05, 3.63) is 77.9 Å². The van der Waals surface area contributed by atoms with Crippen LogP contribution in [0.1, 0.15) is 21.5 Å². The molecular formula is C19H18N2O2. The number of nitrogens with zero attached hydrogens (tertiary/aromatic N) is 2. The van der Waals surface area contributed by atoms with Crippen molar-refractivity contribution >= 4 is 5.91 Å². The molecule has 0 aliphatic heterocycles. The van der Waals surface area contributed by atoms with Crippen LogP contribution in [0, 0.1) is 11.3 Å². The van der Waals surface area contributed by atoms with Gasteiger partial charge in [0.1, 0.15) is 12.4 Å². The quantitative estimate of drug-likeness (QED) is 0.769. The van der Waals surface area contributed by atoms with E-state index in [9.17, 15) is 4.79 Å². The second-order valence-corrected chi connectivity index (χ2v) is 5.09. The Morgan fingerprint density at radius 1 is 1.22 bits per heavy atom. The van der Waals surface area contributed by atoms with Crippen LogP contribution in [-0.4, -0.2) is 24.5 Å². The summed E-state index contributed by atoms with van der Waals surface area (Å²) in [4.78, 5) is 14.1. The van der Waals surface area contributed by atoms with E-state index in [1.54, 1.807) is 54.4 Å². The number of amides is 1. The number of hydrogen-bond acceptors (Lipinski definition) is 3. The van der Waals surface area contributed by atoms with Gasteiger partial charge in [-0.05, 0) is 42.0 Å². The van der Waals surface area contributed by atoms with Crippen molar-refractivity contribution in [3.8, 4) is 11.8 Å². The molecule has 0 N–H and O–H groups in total. The van der Waals surface area contributed by atoms with Crippen LogP contribution in [0.5, 0.6) is 5.75 Å². The first-order chi connectivity index (χ1) is 11.1. The molecule has 0 spiro atoms. The Bertz CT molecular complexity index is 713. The molecule has 0 aliphatic carbocycles. The third-order valence-corrected chi connectivity index (χ3v) is 3.32. The second kappa shape index (κ2) is 7.81. The lowest BCUT2D eigenvalue weighted by molar-refractivity contribution is 0.0785. The molecule has 0 heterocycles. The second-order valence-electron chi connectivity index (χ2n) is 5.09. The number of benzene rings is 2. The van der Waals surface area contributed by atoms with E-state index in [4.69, 9.17) is 10.00 Å². The van der Waals surface area contributed by atoms with Crippen LogP contribution in [0.25, 0.3) is 0 Å². The van der Waals surface area contributed by atoms with E-state index in [0.29, 0.717) is 30.0 Å². The normalized spacial score (nSPS) is 9.74. The predicted molar refractivity (Wildman–Crippen MR) is 89.1 cm³/mol. The van der Waals surface area contributed by atoms with Crippen molar-refractivity contribution in [1.82, 2.24) is 4.90 Å². The zero-order valence-electron chi connectivity index (χ0n) is 13.0. The lowest BCUT2D eigenvalue weighted by Crippen LogP contribution is -2.26. The predicted octanol–water partition coefficient (Wildman–Crippen LogP) is 3.40. The van der Waals surface area contributed by atoms with Crippen LogP contribution in [0.4, 0.5) is 0 Å². The Morgan fingerprint density at radius 3 is 2.43 bits per heavy atom. The topological polar surface area (TPSA) is 53.3 Å². The van der Waals surface area contributed by atoms with Crippen molar-refractivity contribution in [3.63, 3.8) is 0 Å². The molecule has 0 radical (unpaired) electrons. The van der Waals surface area contributed by atoms with Gasteiger partial charge in [0.05, 0.1) is 11.6 Å². The molecule has 0 saturated carbocycles. The summed E-state index contributed by atoms with van der Waals surface area (Å²) in [5, 5.41) is 8.79. The van der Waals surface area contributed by atoms with Gasteiger partial charge in [0, 0.05) is 19.2 Å². The molecule has 23 heavy (non-hydrogen) atoms. The Balaban J connectivity index is 2.00. The van der Waals surface area contributed by atoms with Gasteiger partial charge in [0.2, 0.25) is 0 Å². The highest BCUT2D eigenvalue weighted by molar-refractivity contribution is 5.94. The molecule has 0 aliphatic rings. The number of hydrogen-bond donors (Lipinski definition) is 0. The number of carbonyl (C=O) groups excluding carboxylic acids is 1. The summed E-state index contributed by atoms with van der Waals surface area (Å²) in [5.41, 5.74) is 2.19. The van der Waals surface area contributed by atoms with Crippen molar-refractivity contribution in [2.45, 2.75) is 6.54 Å². The first kappa shape index (κ1) is 16.3. The molecule has 0 bridgehead atoms. The van der Waals surface area contributed by atoms with Crippen molar-refractivity contribution in [2.75, 3.05) is 13.7 Å². The van der Waals surface area contributed by atoms with Gasteiger partial charge in [-0.15, -0.1) is 0 Å². The average molecular weight is 306 g/mol. The first-order valence-corrected chi connectivity index (χ1v) is 7.22. The van der Waals surface area contributed by atoms with E-state index in [-0.39, 0.29) is 5.91 Å². The largest absolute Gasteiger partial charge is 0.490 e. The minimum atomic E-state index is -0.0652. The molecule has 2 rings (SSSR count). The molecule has 1 amide bonds. The molecule has 0 saturated heterocycles. The smallest absolute Gasteiger partial charge is 0.253 e. The van der Waals surface area contributed by atoms with Gasteiger partial charge in [-0.2, -0.15) is 5.26 Å². The summed E-state index contributed by atoms with van der Waals surface area (Å²) in [6.45, 7) is 4.51. The third kappa shape index (κ3) is 4.45. The Morgan fingerprint density at radius 2 is 1.87 bits per heavy atom. The zero-order chi connectivity index (χ0) is 16.7. The lowest BCUT2D eigenvalue weighted by atomic mass is 10.1. The monoisotopic (exact) mass is 306 g/mol. The minimum absolute atomic E-state index is 0.0652. The number of nitriles is 1. The Hall–Kier alpha value is -3.06. The Labute approximate surface area is 136 Å². The first-order valence-electron chi connectivity index (χ1n) is 7.22. The highest BCUT2D eigenvalue weighted by atomic mass is 16.5. The molecule has 4 heteroatoms. The van der Waals surface area contributed by atoms with Crippen molar-refractivity contribution in [1.29, 1.82) is 5.26 Å². The summed E-state index contributed by atoms with van der Waals surface area (Å²) in [6, 6.07) is 16.3. The highest BCUT2D eigenvalue weighted by Gasteiger charge is 2.12. The van der Waals surface area contributed by atoms with Gasteiger partial charge < -0.3 is 9.64 Å². The fourth-order valence-electron chi connectivity index (χ4n) is 2.10. The molecule has 2 aromatic carbocycles.